The van der Waals surface area contributed by atoms with E-state index >= 15 is 0 Å². The summed E-state index contributed by atoms with van der Waals surface area (Å²) < 4.78 is 11.1. The monoisotopic (exact) mass is 404 g/mol. The van der Waals surface area contributed by atoms with E-state index in [1.54, 1.807) is 11.2 Å². The van der Waals surface area contributed by atoms with Crippen LogP contribution in [-0.4, -0.2) is 22.6 Å². The summed E-state index contributed by atoms with van der Waals surface area (Å²) in [4.78, 5) is 20.1. The van der Waals surface area contributed by atoms with Crippen molar-refractivity contribution in [2.45, 2.75) is 13.5 Å². The molecular formula is C23H20N2O3S. The Morgan fingerprint density at radius 1 is 1.07 bits per heavy atom. The second-order valence-electron chi connectivity index (χ2n) is 6.28. The summed E-state index contributed by atoms with van der Waals surface area (Å²) in [5.41, 5.74) is 1.66. The first-order chi connectivity index (χ1) is 14.2. The number of furan rings is 1. The lowest BCUT2D eigenvalue weighted by atomic mass is 10.2. The minimum absolute atomic E-state index is 0.104. The summed E-state index contributed by atoms with van der Waals surface area (Å²) in [6.45, 7) is 2.83. The predicted octanol–water partition coefficient (Wildman–Crippen LogP) is 5.48. The molecule has 2 heterocycles. The van der Waals surface area contributed by atoms with Crippen molar-refractivity contribution in [3.63, 3.8) is 0 Å². The molecule has 5 nitrogen and oxygen atoms in total. The van der Waals surface area contributed by atoms with Crippen LogP contribution >= 0.6 is 11.8 Å². The number of amides is 1. The Balaban J connectivity index is 1.70. The molecule has 0 saturated carbocycles. The highest BCUT2D eigenvalue weighted by Crippen LogP contribution is 2.36. The first-order valence-electron chi connectivity index (χ1n) is 9.34. The molecule has 1 amide bonds. The van der Waals surface area contributed by atoms with Crippen LogP contribution in [-0.2, 0) is 11.3 Å². The zero-order valence-electron chi connectivity index (χ0n) is 15.9. The minimum atomic E-state index is -0.104. The van der Waals surface area contributed by atoms with Crippen molar-refractivity contribution >= 4 is 34.6 Å². The number of nitrogens with zero attached hydrogens (tertiary/aromatic N) is 2. The molecule has 29 heavy (non-hydrogen) atoms. The number of aliphatic imine (C=N–C) groups is 1. The van der Waals surface area contributed by atoms with Crippen LogP contribution in [0.4, 0.5) is 5.69 Å². The number of hydrogen-bond donors (Lipinski definition) is 0. The number of benzene rings is 2. The van der Waals surface area contributed by atoms with E-state index in [2.05, 4.69) is 0 Å². The second-order valence-corrected chi connectivity index (χ2v) is 7.29. The summed E-state index contributed by atoms with van der Waals surface area (Å²) in [5, 5.41) is 0.623. The summed E-state index contributed by atoms with van der Waals surface area (Å²) in [7, 11) is 0. The smallest absolute Gasteiger partial charge is 0.267 e. The van der Waals surface area contributed by atoms with Gasteiger partial charge < -0.3 is 9.15 Å². The number of para-hydroxylation sites is 2. The van der Waals surface area contributed by atoms with Crippen LogP contribution in [0.2, 0.25) is 0 Å². The topological polar surface area (TPSA) is 55.0 Å². The van der Waals surface area contributed by atoms with Crippen LogP contribution in [0.5, 0.6) is 5.75 Å². The first kappa shape index (κ1) is 19.1. The maximum atomic E-state index is 13.2. The van der Waals surface area contributed by atoms with Crippen molar-refractivity contribution in [1.82, 2.24) is 4.90 Å². The number of thioether (sulfide) groups is 1. The van der Waals surface area contributed by atoms with Crippen molar-refractivity contribution in [3.05, 3.63) is 89.2 Å². The van der Waals surface area contributed by atoms with Gasteiger partial charge in [0.05, 0.1) is 30.0 Å². The fraction of sp³-hybridized carbons (Fsp3) is 0.130. The molecule has 0 spiro atoms. The van der Waals surface area contributed by atoms with Crippen molar-refractivity contribution in [1.29, 1.82) is 0 Å². The highest BCUT2D eigenvalue weighted by atomic mass is 32.2. The van der Waals surface area contributed by atoms with Gasteiger partial charge in [0.2, 0.25) is 0 Å². The standard InChI is InChI=1S/C23H20N2O3S/c1-2-27-20-13-7-6-9-17(20)15-21-22(26)25(16-19-12-8-14-28-19)23(29-21)24-18-10-4-3-5-11-18/h3-15H,2,16H2,1H3/b21-15-,24-23?. The van der Waals surface area contributed by atoms with Crippen LogP contribution in [0.3, 0.4) is 0 Å². The van der Waals surface area contributed by atoms with E-state index in [0.717, 1.165) is 17.0 Å². The molecule has 0 N–H and O–H groups in total. The molecule has 0 atom stereocenters. The van der Waals surface area contributed by atoms with Gasteiger partial charge in [-0.15, -0.1) is 0 Å². The Morgan fingerprint density at radius 2 is 1.86 bits per heavy atom. The van der Waals surface area contributed by atoms with Gasteiger partial charge >= 0.3 is 0 Å². The average Bonchev–Trinajstić information content (AvgIpc) is 3.35. The maximum absolute atomic E-state index is 13.2. The van der Waals surface area contributed by atoms with Gasteiger partial charge in [0, 0.05) is 5.56 Å². The molecule has 1 aromatic heterocycles. The number of carbonyl (C=O) groups excluding carboxylic acids is 1. The Labute approximate surface area is 173 Å². The van der Waals surface area contributed by atoms with E-state index in [1.165, 1.54) is 11.8 Å². The van der Waals surface area contributed by atoms with E-state index in [1.807, 2.05) is 79.7 Å². The molecule has 6 heteroatoms. The predicted molar refractivity (Wildman–Crippen MR) is 116 cm³/mol. The third-order valence-corrected chi connectivity index (χ3v) is 5.28. The molecule has 1 aliphatic rings. The zero-order chi connectivity index (χ0) is 20.1. The lowest BCUT2D eigenvalue weighted by Gasteiger charge is -2.13. The van der Waals surface area contributed by atoms with Gasteiger partial charge in [0.25, 0.3) is 5.91 Å². The fourth-order valence-corrected chi connectivity index (χ4v) is 3.92. The quantitative estimate of drug-likeness (QED) is 0.510. The molecule has 0 unspecified atom stereocenters. The highest BCUT2D eigenvalue weighted by molar-refractivity contribution is 8.18. The van der Waals surface area contributed by atoms with Crippen LogP contribution in [0.15, 0.2) is 87.3 Å². The third kappa shape index (κ3) is 4.43. The van der Waals surface area contributed by atoms with Crippen LogP contribution in [0.25, 0.3) is 6.08 Å². The molecule has 1 aliphatic heterocycles. The Kier molecular flexibility index (Phi) is 5.81. The van der Waals surface area contributed by atoms with E-state index in [0.29, 0.717) is 29.0 Å². The van der Waals surface area contributed by atoms with Crippen molar-refractivity contribution in [3.8, 4) is 5.75 Å². The molecule has 146 valence electrons. The summed E-state index contributed by atoms with van der Waals surface area (Å²) in [6.07, 6.45) is 3.47. The third-order valence-electron chi connectivity index (χ3n) is 4.27. The largest absolute Gasteiger partial charge is 0.493 e. The molecule has 4 rings (SSSR count). The molecule has 2 aromatic carbocycles. The second kappa shape index (κ2) is 8.84. The molecule has 0 radical (unpaired) electrons. The number of amidine groups is 1. The zero-order valence-corrected chi connectivity index (χ0v) is 16.8. The Hall–Kier alpha value is -3.25. The van der Waals surface area contributed by atoms with Crippen molar-refractivity contribution in [2.24, 2.45) is 4.99 Å². The fourth-order valence-electron chi connectivity index (χ4n) is 2.93. The first-order valence-corrected chi connectivity index (χ1v) is 10.2. The molecule has 3 aromatic rings. The van der Waals surface area contributed by atoms with Crippen LogP contribution in [0.1, 0.15) is 18.2 Å². The van der Waals surface area contributed by atoms with E-state index in [4.69, 9.17) is 14.1 Å². The van der Waals surface area contributed by atoms with Gasteiger partial charge in [-0.3, -0.25) is 9.69 Å². The maximum Gasteiger partial charge on any atom is 0.267 e. The lowest BCUT2D eigenvalue weighted by molar-refractivity contribution is -0.122. The summed E-state index contributed by atoms with van der Waals surface area (Å²) in [5.74, 6) is 1.35. The SMILES string of the molecule is CCOc1ccccc1/C=C1\SC(=Nc2ccccc2)N(Cc2ccco2)C1=O. The number of hydrogen-bond acceptors (Lipinski definition) is 5. The van der Waals surface area contributed by atoms with Crippen molar-refractivity contribution < 1.29 is 13.9 Å². The van der Waals surface area contributed by atoms with Gasteiger partial charge in [-0.05, 0) is 55.1 Å². The normalized spacial score (nSPS) is 16.7. The highest BCUT2D eigenvalue weighted by Gasteiger charge is 2.34. The molecule has 1 saturated heterocycles. The van der Waals surface area contributed by atoms with Crippen LogP contribution < -0.4 is 4.74 Å². The van der Waals surface area contributed by atoms with E-state index in [-0.39, 0.29) is 5.91 Å². The molecule has 0 aliphatic carbocycles. The summed E-state index contributed by atoms with van der Waals surface area (Å²) >= 11 is 1.36. The minimum Gasteiger partial charge on any atom is -0.493 e. The Bertz CT molecular complexity index is 1040. The van der Waals surface area contributed by atoms with Gasteiger partial charge in [0.15, 0.2) is 5.17 Å². The number of carbonyl (C=O) groups is 1. The number of ether oxygens (including phenoxy) is 1. The summed E-state index contributed by atoms with van der Waals surface area (Å²) in [6, 6.07) is 21.0. The van der Waals surface area contributed by atoms with Crippen LogP contribution in [0, 0.1) is 0 Å². The lowest BCUT2D eigenvalue weighted by Crippen LogP contribution is -2.28. The molecule has 1 fully saturated rings. The molecular weight excluding hydrogens is 384 g/mol. The average molecular weight is 404 g/mol. The van der Waals surface area contributed by atoms with Gasteiger partial charge in [-0.2, -0.15) is 0 Å². The Morgan fingerprint density at radius 3 is 2.62 bits per heavy atom. The van der Waals surface area contributed by atoms with E-state index in [9.17, 15) is 4.79 Å². The number of rotatable bonds is 6. The van der Waals surface area contributed by atoms with Gasteiger partial charge in [-0.25, -0.2) is 4.99 Å². The van der Waals surface area contributed by atoms with Gasteiger partial charge in [-0.1, -0.05) is 36.4 Å². The van der Waals surface area contributed by atoms with Crippen molar-refractivity contribution in [2.75, 3.05) is 6.61 Å². The molecule has 0 bridgehead atoms. The van der Waals surface area contributed by atoms with Gasteiger partial charge in [0.1, 0.15) is 11.5 Å². The van der Waals surface area contributed by atoms with E-state index < -0.39 is 0 Å².